The van der Waals surface area contributed by atoms with Gasteiger partial charge >= 0.3 is 0 Å². The lowest BCUT2D eigenvalue weighted by Gasteiger charge is -2.12. The first-order chi connectivity index (χ1) is 11.0. The summed E-state index contributed by atoms with van der Waals surface area (Å²) in [6, 6.07) is 12.6. The van der Waals surface area contributed by atoms with E-state index in [0.717, 1.165) is 16.0 Å². The minimum absolute atomic E-state index is 0.0473. The van der Waals surface area contributed by atoms with Crippen molar-refractivity contribution in [3.05, 3.63) is 59.4 Å². The third kappa shape index (κ3) is 5.44. The molecule has 23 heavy (non-hydrogen) atoms. The molecule has 0 radical (unpaired) electrons. The van der Waals surface area contributed by atoms with Crippen LogP contribution in [0, 0.1) is 5.82 Å². The van der Waals surface area contributed by atoms with Gasteiger partial charge in [-0.2, -0.15) is 0 Å². The Morgan fingerprint density at radius 2 is 1.70 bits per heavy atom. The number of hydrogen-bond acceptors (Lipinski definition) is 3. The lowest BCUT2D eigenvalue weighted by atomic mass is 10.2. The Kier molecular flexibility index (Phi) is 6.30. The number of benzene rings is 2. The first-order valence-corrected chi connectivity index (χ1v) is 9.09. The van der Waals surface area contributed by atoms with E-state index in [1.54, 1.807) is 12.3 Å². The standard InChI is InChI=1S/C18H22FNO2S/c1-13(2)22-18-9-6-15(10-17(18)19)12-20-11-14-4-7-16(8-5-14)23(3)21/h4-10,13,20H,11-12H2,1-3H3/t23-/m1/s1. The van der Waals surface area contributed by atoms with Gasteiger partial charge in [0, 0.05) is 35.0 Å². The highest BCUT2D eigenvalue weighted by Crippen LogP contribution is 2.19. The SMILES string of the molecule is CC(C)Oc1ccc(CNCc2ccc([S@@](C)=O)cc2)cc1F. The Labute approximate surface area is 139 Å². The number of halogens is 1. The van der Waals surface area contributed by atoms with Crippen LogP contribution in [0.1, 0.15) is 25.0 Å². The lowest BCUT2D eigenvalue weighted by Crippen LogP contribution is -2.13. The molecule has 3 nitrogen and oxygen atoms in total. The topological polar surface area (TPSA) is 38.3 Å². The van der Waals surface area contributed by atoms with Gasteiger partial charge in [0.05, 0.1) is 6.10 Å². The number of nitrogens with one attached hydrogen (secondary N) is 1. The molecule has 0 unspecified atom stereocenters. The zero-order chi connectivity index (χ0) is 16.8. The first-order valence-electron chi connectivity index (χ1n) is 7.54. The second kappa shape index (κ2) is 8.22. The fraction of sp³-hybridized carbons (Fsp3) is 0.333. The number of rotatable bonds is 7. The predicted molar refractivity (Wildman–Crippen MR) is 91.5 cm³/mol. The molecular weight excluding hydrogens is 313 g/mol. The van der Waals surface area contributed by atoms with Crippen molar-refractivity contribution in [3.8, 4) is 5.75 Å². The minimum atomic E-state index is -0.956. The summed E-state index contributed by atoms with van der Waals surface area (Å²) in [6.07, 6.45) is 1.61. The molecule has 0 aromatic heterocycles. The summed E-state index contributed by atoms with van der Waals surface area (Å²) < 4.78 is 30.6. The average Bonchev–Trinajstić information content (AvgIpc) is 2.50. The van der Waals surface area contributed by atoms with Crippen LogP contribution < -0.4 is 10.1 Å². The summed E-state index contributed by atoms with van der Waals surface area (Å²) in [5, 5.41) is 3.27. The molecule has 0 saturated carbocycles. The van der Waals surface area contributed by atoms with Crippen molar-refractivity contribution in [2.24, 2.45) is 0 Å². The van der Waals surface area contributed by atoms with Gasteiger partial charge in [0.25, 0.3) is 0 Å². The molecule has 0 heterocycles. The molecule has 0 amide bonds. The third-order valence-electron chi connectivity index (χ3n) is 3.27. The lowest BCUT2D eigenvalue weighted by molar-refractivity contribution is 0.231. The van der Waals surface area contributed by atoms with E-state index in [1.165, 1.54) is 6.07 Å². The molecule has 0 aliphatic heterocycles. The van der Waals surface area contributed by atoms with Gasteiger partial charge in [-0.25, -0.2) is 4.39 Å². The Morgan fingerprint density at radius 1 is 1.09 bits per heavy atom. The fourth-order valence-corrected chi connectivity index (χ4v) is 2.67. The van der Waals surface area contributed by atoms with Gasteiger partial charge in [-0.05, 0) is 49.2 Å². The minimum Gasteiger partial charge on any atom is -0.488 e. The molecule has 2 aromatic rings. The highest BCUT2D eigenvalue weighted by molar-refractivity contribution is 7.84. The molecular formula is C18H22FNO2S. The molecule has 2 aromatic carbocycles. The number of hydrogen-bond donors (Lipinski definition) is 1. The van der Waals surface area contributed by atoms with Crippen LogP contribution >= 0.6 is 0 Å². The summed E-state index contributed by atoms with van der Waals surface area (Å²) in [6.45, 7) is 4.98. The van der Waals surface area contributed by atoms with Crippen LogP contribution in [0.5, 0.6) is 5.75 Å². The van der Waals surface area contributed by atoms with Crippen LogP contribution in [-0.2, 0) is 23.9 Å². The van der Waals surface area contributed by atoms with Crippen molar-refractivity contribution in [3.63, 3.8) is 0 Å². The van der Waals surface area contributed by atoms with Gasteiger partial charge in [-0.3, -0.25) is 4.21 Å². The summed E-state index contributed by atoms with van der Waals surface area (Å²) in [5.74, 6) is -0.0558. The van der Waals surface area contributed by atoms with Gasteiger partial charge in [0.2, 0.25) is 0 Å². The molecule has 0 bridgehead atoms. The van der Waals surface area contributed by atoms with Crippen LogP contribution in [0.25, 0.3) is 0 Å². The van der Waals surface area contributed by atoms with Crippen molar-refractivity contribution < 1.29 is 13.3 Å². The molecule has 0 saturated heterocycles. The molecule has 1 atom stereocenters. The average molecular weight is 335 g/mol. The summed E-state index contributed by atoms with van der Waals surface area (Å²) >= 11 is 0. The van der Waals surface area contributed by atoms with Crippen LogP contribution in [0.2, 0.25) is 0 Å². The van der Waals surface area contributed by atoms with E-state index in [2.05, 4.69) is 5.32 Å². The first kappa shape index (κ1) is 17.6. The monoisotopic (exact) mass is 335 g/mol. The summed E-state index contributed by atoms with van der Waals surface area (Å²) in [4.78, 5) is 0.816. The predicted octanol–water partition coefficient (Wildman–Crippen LogP) is 3.64. The van der Waals surface area contributed by atoms with E-state index in [4.69, 9.17) is 4.74 Å². The molecule has 2 rings (SSSR count). The fourth-order valence-electron chi connectivity index (χ4n) is 2.15. The van der Waals surface area contributed by atoms with E-state index in [0.29, 0.717) is 13.1 Å². The van der Waals surface area contributed by atoms with Crippen molar-refractivity contribution in [1.29, 1.82) is 0 Å². The summed E-state index contributed by atoms with van der Waals surface area (Å²) in [5.41, 5.74) is 1.96. The molecule has 1 N–H and O–H groups in total. The van der Waals surface area contributed by atoms with Crippen LogP contribution in [-0.4, -0.2) is 16.6 Å². The van der Waals surface area contributed by atoms with E-state index < -0.39 is 10.8 Å². The molecule has 0 fully saturated rings. The highest BCUT2D eigenvalue weighted by Gasteiger charge is 2.06. The smallest absolute Gasteiger partial charge is 0.165 e. The van der Waals surface area contributed by atoms with Gasteiger partial charge < -0.3 is 10.1 Å². The van der Waals surface area contributed by atoms with E-state index in [9.17, 15) is 8.60 Å². The quantitative estimate of drug-likeness (QED) is 0.839. The van der Waals surface area contributed by atoms with Gasteiger partial charge in [0.15, 0.2) is 11.6 Å². The van der Waals surface area contributed by atoms with Crippen molar-refractivity contribution in [2.45, 2.75) is 37.9 Å². The van der Waals surface area contributed by atoms with Crippen LogP contribution in [0.15, 0.2) is 47.4 Å². The van der Waals surface area contributed by atoms with Crippen molar-refractivity contribution in [1.82, 2.24) is 5.32 Å². The van der Waals surface area contributed by atoms with Crippen molar-refractivity contribution >= 4 is 10.8 Å². The molecule has 124 valence electrons. The summed E-state index contributed by atoms with van der Waals surface area (Å²) in [7, 11) is -0.956. The molecule has 0 spiro atoms. The largest absolute Gasteiger partial charge is 0.488 e. The van der Waals surface area contributed by atoms with Gasteiger partial charge in [-0.1, -0.05) is 18.2 Å². The maximum Gasteiger partial charge on any atom is 0.165 e. The van der Waals surface area contributed by atoms with E-state index >= 15 is 0 Å². The van der Waals surface area contributed by atoms with Crippen molar-refractivity contribution in [2.75, 3.05) is 6.26 Å². The molecule has 0 aliphatic rings. The second-order valence-corrected chi connectivity index (χ2v) is 7.01. The van der Waals surface area contributed by atoms with Gasteiger partial charge in [0.1, 0.15) is 0 Å². The molecule has 0 aliphatic carbocycles. The van der Waals surface area contributed by atoms with E-state index in [1.807, 2.05) is 44.2 Å². The Balaban J connectivity index is 1.88. The second-order valence-electron chi connectivity index (χ2n) is 5.63. The van der Waals surface area contributed by atoms with E-state index in [-0.39, 0.29) is 17.7 Å². The zero-order valence-electron chi connectivity index (χ0n) is 13.6. The Bertz CT molecular complexity index is 671. The number of ether oxygens (including phenoxy) is 1. The Hall–Kier alpha value is -1.72. The maximum absolute atomic E-state index is 13.9. The zero-order valence-corrected chi connectivity index (χ0v) is 14.5. The van der Waals surface area contributed by atoms with Crippen LogP contribution in [0.4, 0.5) is 4.39 Å². The molecule has 5 heteroatoms. The third-order valence-corrected chi connectivity index (χ3v) is 4.21. The van der Waals surface area contributed by atoms with Crippen LogP contribution in [0.3, 0.4) is 0 Å². The van der Waals surface area contributed by atoms with Gasteiger partial charge in [-0.15, -0.1) is 0 Å². The normalized spacial score (nSPS) is 12.4. The Morgan fingerprint density at radius 3 is 2.26 bits per heavy atom. The maximum atomic E-state index is 13.9. The highest BCUT2D eigenvalue weighted by atomic mass is 32.2.